The summed E-state index contributed by atoms with van der Waals surface area (Å²) in [6, 6.07) is 51.3. The molecule has 0 saturated carbocycles. The number of carbonyl (C=O) groups excluding carboxylic acids is 4. The van der Waals surface area contributed by atoms with Crippen LogP contribution in [0.5, 0.6) is 0 Å². The largest absolute Gasteiger partial charge is 0.412 e. The van der Waals surface area contributed by atoms with Crippen molar-refractivity contribution in [3.05, 3.63) is 146 Å². The summed E-state index contributed by atoms with van der Waals surface area (Å²) in [7, 11) is 13.5. The first-order chi connectivity index (χ1) is 34.8. The Bertz CT molecular complexity index is 2600. The van der Waals surface area contributed by atoms with Gasteiger partial charge in [-0.2, -0.15) is 0 Å². The highest BCUT2D eigenvalue weighted by molar-refractivity contribution is 7.28. The summed E-state index contributed by atoms with van der Waals surface area (Å²) in [5, 5.41) is 39.3. The monoisotopic (exact) mass is 961 g/mol. The van der Waals surface area contributed by atoms with Crippen molar-refractivity contribution in [1.82, 2.24) is 19.6 Å². The molecule has 8 aromatic carbocycles. The predicted molar refractivity (Wildman–Crippen MR) is 307 cm³/mol. The summed E-state index contributed by atoms with van der Waals surface area (Å²) in [6.07, 6.45) is 3.00. The molecule has 72 heavy (non-hydrogen) atoms. The van der Waals surface area contributed by atoms with Crippen LogP contribution in [0.25, 0.3) is 43.1 Å². The Morgan fingerprint density at radius 2 is 0.389 bits per heavy atom. The molecule has 0 spiro atoms. The van der Waals surface area contributed by atoms with Crippen molar-refractivity contribution in [3.63, 3.8) is 0 Å². The normalized spacial score (nSPS) is 12.3. The third kappa shape index (κ3) is 12.2. The van der Waals surface area contributed by atoms with Crippen molar-refractivity contribution in [3.8, 4) is 0 Å². The van der Waals surface area contributed by atoms with E-state index >= 15 is 0 Å². The molecule has 364 valence electrons. The van der Waals surface area contributed by atoms with Gasteiger partial charge >= 0.3 is 27.5 Å². The molecule has 0 atom stereocenters. The molecule has 0 aliphatic carbocycles. The van der Waals surface area contributed by atoms with Crippen LogP contribution >= 0.6 is 0 Å². The van der Waals surface area contributed by atoms with Crippen LogP contribution in [-0.2, 0) is 19.2 Å². The molecule has 0 radical (unpaired) electrons. The average molecular weight is 960 g/mol. The number of anilines is 8. The Morgan fingerprint density at radius 1 is 0.264 bits per heavy atom. The van der Waals surface area contributed by atoms with E-state index in [1.54, 1.807) is 56.4 Å². The smallest absolute Gasteiger partial charge is 0.385 e. The van der Waals surface area contributed by atoms with Crippen molar-refractivity contribution >= 4 is 142 Å². The Balaban J connectivity index is 0.000000155. The van der Waals surface area contributed by atoms with E-state index in [1.165, 1.54) is 108 Å². The zero-order chi connectivity index (χ0) is 51.3. The fourth-order valence-electron chi connectivity index (χ4n) is 8.48. The SMILES string of the molecule is CN(C)C=O.CN(C)C=O.CN(C)C=O.CN(C)C=O.c1cc2c3c(cccc3c1)NB(B1Nc3cccc4cccc(c34)N1)N2.c1cc2c3c(cccc3c1)NB(B1Nc3cccc4cccc(c34)N1)N2. The first-order valence-electron chi connectivity index (χ1n) is 23.5. The lowest BCUT2D eigenvalue weighted by Crippen LogP contribution is -2.60. The van der Waals surface area contributed by atoms with Crippen molar-refractivity contribution in [2.75, 3.05) is 98.2 Å². The Morgan fingerprint density at radius 3 is 0.500 bits per heavy atom. The zero-order valence-corrected chi connectivity index (χ0v) is 41.9. The number of hydrogen-bond acceptors (Lipinski definition) is 12. The van der Waals surface area contributed by atoms with E-state index in [-0.39, 0.29) is 27.5 Å². The highest BCUT2D eigenvalue weighted by Gasteiger charge is 2.40. The van der Waals surface area contributed by atoms with Gasteiger partial charge in [0, 0.05) is 123 Å². The van der Waals surface area contributed by atoms with E-state index in [9.17, 15) is 19.2 Å². The third-order valence-corrected chi connectivity index (χ3v) is 11.6. The maximum absolute atomic E-state index is 9.43. The van der Waals surface area contributed by atoms with Gasteiger partial charge in [0.1, 0.15) is 0 Å². The van der Waals surface area contributed by atoms with Crippen LogP contribution in [0.15, 0.2) is 146 Å². The van der Waals surface area contributed by atoms with Gasteiger partial charge in [-0.05, 0) is 70.1 Å². The predicted octanol–water partition coefficient (Wildman–Crippen LogP) is 7.66. The highest BCUT2D eigenvalue weighted by Crippen LogP contribution is 2.39. The van der Waals surface area contributed by atoms with Gasteiger partial charge in [-0.3, -0.25) is 19.2 Å². The van der Waals surface area contributed by atoms with E-state index in [4.69, 9.17) is 0 Å². The molecular formula is C52H60B4N12O4. The Hall–Kier alpha value is -8.66. The number of amides is 4. The van der Waals surface area contributed by atoms with Gasteiger partial charge in [-0.15, -0.1) is 0 Å². The molecule has 0 bridgehead atoms. The molecule has 0 unspecified atom stereocenters. The fourth-order valence-corrected chi connectivity index (χ4v) is 8.48. The number of benzene rings is 8. The summed E-state index contributed by atoms with van der Waals surface area (Å²) >= 11 is 0. The molecule has 4 aliphatic heterocycles. The minimum atomic E-state index is 0.0270. The van der Waals surface area contributed by atoms with Crippen molar-refractivity contribution in [2.24, 2.45) is 0 Å². The standard InChI is InChI=1S/2C20H16B2N4.4C3H7NO/c2*1-5-13-6-2-10-16-19(13)15(9-1)23-21(24-16)22-25-17-11-3-7-14-8-4-12-18(26-22)20(14)17;4*1-4(2)3-5/h2*1-12,23-26H;4*3H,1-2H3. The van der Waals surface area contributed by atoms with Crippen LogP contribution in [0, 0.1) is 0 Å². The molecule has 4 heterocycles. The van der Waals surface area contributed by atoms with Crippen molar-refractivity contribution < 1.29 is 19.2 Å². The number of hydrogen-bond donors (Lipinski definition) is 8. The van der Waals surface area contributed by atoms with E-state index in [2.05, 4.69) is 187 Å². The zero-order valence-electron chi connectivity index (χ0n) is 41.9. The lowest BCUT2D eigenvalue weighted by molar-refractivity contribution is -0.116. The van der Waals surface area contributed by atoms with Gasteiger partial charge in [0.25, 0.3) is 0 Å². The molecule has 0 fully saturated rings. The van der Waals surface area contributed by atoms with Crippen molar-refractivity contribution in [2.45, 2.75) is 0 Å². The van der Waals surface area contributed by atoms with Gasteiger partial charge in [-0.1, -0.05) is 97.1 Å². The van der Waals surface area contributed by atoms with Crippen LogP contribution in [0.4, 0.5) is 45.5 Å². The van der Waals surface area contributed by atoms with Crippen LogP contribution in [0.3, 0.4) is 0 Å². The number of carbonyl (C=O) groups is 4. The van der Waals surface area contributed by atoms with Gasteiger partial charge in [-0.25, -0.2) is 0 Å². The first kappa shape index (κ1) is 51.2. The third-order valence-electron chi connectivity index (χ3n) is 11.6. The Kier molecular flexibility index (Phi) is 16.9. The topological polar surface area (TPSA) is 177 Å². The first-order valence-corrected chi connectivity index (χ1v) is 23.5. The van der Waals surface area contributed by atoms with Crippen LogP contribution in [0.2, 0.25) is 0 Å². The molecule has 0 aromatic heterocycles. The summed E-state index contributed by atoms with van der Waals surface area (Å²) in [6.45, 7) is 0.108. The lowest BCUT2D eigenvalue weighted by Gasteiger charge is -2.34. The van der Waals surface area contributed by atoms with E-state index in [0.717, 1.165) is 25.6 Å². The maximum Gasteiger partial charge on any atom is 0.385 e. The summed E-state index contributed by atoms with van der Waals surface area (Å²) < 4.78 is 0. The number of nitrogens with one attached hydrogen (secondary N) is 8. The minimum Gasteiger partial charge on any atom is -0.412 e. The molecule has 20 heteroatoms. The number of rotatable bonds is 6. The maximum atomic E-state index is 9.43. The van der Waals surface area contributed by atoms with E-state index in [1.807, 2.05) is 0 Å². The second-order valence-electron chi connectivity index (χ2n) is 18.2. The van der Waals surface area contributed by atoms with Gasteiger partial charge in [0.2, 0.25) is 25.6 Å². The molecule has 0 saturated heterocycles. The molecule has 4 aliphatic rings. The van der Waals surface area contributed by atoms with Crippen molar-refractivity contribution in [1.29, 1.82) is 0 Å². The van der Waals surface area contributed by atoms with Crippen LogP contribution < -0.4 is 41.8 Å². The Labute approximate surface area is 422 Å². The van der Waals surface area contributed by atoms with E-state index in [0.29, 0.717) is 0 Å². The summed E-state index contributed by atoms with van der Waals surface area (Å²) in [5.41, 5.74) is 9.35. The van der Waals surface area contributed by atoms with Crippen LogP contribution in [0.1, 0.15) is 0 Å². The second kappa shape index (κ2) is 23.8. The van der Waals surface area contributed by atoms with Gasteiger partial charge in [0.05, 0.1) is 0 Å². The summed E-state index contributed by atoms with van der Waals surface area (Å²) in [5.74, 6) is 0. The molecular weight excluding hydrogens is 900 g/mol. The molecule has 8 N–H and O–H groups in total. The molecule has 12 rings (SSSR count). The average Bonchev–Trinajstić information content (AvgIpc) is 3.40. The highest BCUT2D eigenvalue weighted by atomic mass is 16.1. The van der Waals surface area contributed by atoms with Gasteiger partial charge in [0.15, 0.2) is 0 Å². The minimum absolute atomic E-state index is 0.0270. The number of nitrogens with zero attached hydrogens (tertiary/aromatic N) is 4. The fraction of sp³-hybridized carbons (Fsp3) is 0.154. The quantitative estimate of drug-likeness (QED) is 0.0604. The molecule has 8 aromatic rings. The molecule has 16 nitrogen and oxygen atoms in total. The van der Waals surface area contributed by atoms with E-state index < -0.39 is 0 Å². The lowest BCUT2D eigenvalue weighted by atomic mass is 9.33. The van der Waals surface area contributed by atoms with Crippen LogP contribution in [-0.4, -0.2) is 129 Å². The molecule has 4 amide bonds. The van der Waals surface area contributed by atoms with Gasteiger partial charge < -0.3 is 61.4 Å². The second-order valence-corrected chi connectivity index (χ2v) is 18.2. The summed E-state index contributed by atoms with van der Waals surface area (Å²) in [4.78, 5) is 43.5.